The zero-order valence-electron chi connectivity index (χ0n) is 3.26. The fraction of sp³-hybridized carbons (Fsp3) is 0.333. The van der Waals surface area contributed by atoms with E-state index in [4.69, 9.17) is 5.11 Å². The van der Waals surface area contributed by atoms with Crippen LogP contribution in [0.4, 0.5) is 0 Å². The first kappa shape index (κ1) is 5.14. The molecule has 0 aliphatic heterocycles. The molecule has 0 saturated carbocycles. The van der Waals surface area contributed by atoms with E-state index in [1.807, 2.05) is 0 Å². The van der Waals surface area contributed by atoms with Gasteiger partial charge in [-0.3, -0.25) is 4.79 Å². The second-order valence-electron chi connectivity index (χ2n) is 0.861. The number of rotatable bonds is 1. The van der Waals surface area contributed by atoms with Crippen molar-refractivity contribution >= 4 is 11.8 Å². The van der Waals surface area contributed by atoms with Crippen molar-refractivity contribution in [1.29, 1.82) is 0 Å². The van der Waals surface area contributed by atoms with Gasteiger partial charge in [-0.05, 0) is 0 Å². The summed E-state index contributed by atoms with van der Waals surface area (Å²) in [6.45, 7) is 1.00. The molecule has 0 spiro atoms. The molecule has 0 aromatic rings. The van der Waals surface area contributed by atoms with Gasteiger partial charge < -0.3 is 5.11 Å². The van der Waals surface area contributed by atoms with Crippen molar-refractivity contribution in [2.24, 2.45) is 0 Å². The van der Waals surface area contributed by atoms with Crippen LogP contribution < -0.4 is 0 Å². The number of Topliss-reactive ketones (excluding diaryl/α,β-unsaturated/α-hetero) is 1. The normalized spacial score (nSPS) is 7.50. The number of carboxylic acid groups (broad SMARTS) is 1. The molecule has 0 radical (unpaired) electrons. The van der Waals surface area contributed by atoms with Gasteiger partial charge in [-0.15, -0.1) is 0 Å². The van der Waals surface area contributed by atoms with Crippen molar-refractivity contribution < 1.29 is 14.7 Å². The minimum Gasteiger partial charge on any atom is -0.476 e. The van der Waals surface area contributed by atoms with E-state index in [-0.39, 0.29) is 0 Å². The third-order valence-corrected chi connectivity index (χ3v) is 0.301. The van der Waals surface area contributed by atoms with Gasteiger partial charge in [-0.1, -0.05) is 0 Å². The molecule has 0 rings (SSSR count). The fourth-order valence-electron chi connectivity index (χ4n) is 0. The van der Waals surface area contributed by atoms with E-state index in [1.165, 1.54) is 0 Å². The van der Waals surface area contributed by atoms with Gasteiger partial charge in [0.05, 0.1) is 0 Å². The number of hydrogen-bond donors (Lipinski definition) is 1. The Labute approximate surface area is 34.6 Å². The first-order valence-corrected chi connectivity index (χ1v) is 1.38. The summed E-state index contributed by atoms with van der Waals surface area (Å²) in [7, 11) is 0. The lowest BCUT2D eigenvalue weighted by Crippen LogP contribution is -2.05. The number of carbonyl (C=O) groups excluding carboxylic acids is 1. The number of carbonyl (C=O) groups is 2. The summed E-state index contributed by atoms with van der Waals surface area (Å²) < 4.78 is 0. The monoisotopic (exact) mass is 89.0 g/mol. The van der Waals surface area contributed by atoms with Crippen LogP contribution in [-0.4, -0.2) is 16.9 Å². The second kappa shape index (κ2) is 1.55. The Kier molecular flexibility index (Phi) is 1.32. The molecule has 0 fully saturated rings. The largest absolute Gasteiger partial charge is 0.476 e. The summed E-state index contributed by atoms with van der Waals surface area (Å²) in [5.41, 5.74) is 0. The van der Waals surface area contributed by atoms with Crippen LogP contribution >= 0.6 is 0 Å². The van der Waals surface area contributed by atoms with Crippen LogP contribution in [0.1, 0.15) is 6.92 Å². The molecular formula is C3H4O3. The van der Waals surface area contributed by atoms with E-state index in [9.17, 15) is 9.59 Å². The molecule has 0 bridgehead atoms. The van der Waals surface area contributed by atoms with E-state index >= 15 is 0 Å². The van der Waals surface area contributed by atoms with Gasteiger partial charge in [0.1, 0.15) is 0 Å². The van der Waals surface area contributed by atoms with Crippen LogP contribution in [0.25, 0.3) is 0 Å². The van der Waals surface area contributed by atoms with Crippen molar-refractivity contribution in [3.8, 4) is 0 Å². The maximum absolute atomic E-state index is 9.54. The van der Waals surface area contributed by atoms with Gasteiger partial charge in [-0.25, -0.2) is 4.79 Å². The molecule has 1 N–H and O–H groups in total. The highest BCUT2D eigenvalue weighted by atomic mass is 16.4. The molecule has 0 aromatic carbocycles. The third kappa shape index (κ3) is 1.46. The zero-order chi connectivity index (χ0) is 5.15. The van der Waals surface area contributed by atoms with E-state index in [0.717, 1.165) is 6.92 Å². The first-order valence-electron chi connectivity index (χ1n) is 1.38. The molecule has 0 aliphatic rings. The van der Waals surface area contributed by atoms with Crippen molar-refractivity contribution in [3.05, 3.63) is 0 Å². The lowest BCUT2D eigenvalue weighted by molar-refractivity contribution is -0.148. The molecule has 0 unspecified atom stereocenters. The third-order valence-electron chi connectivity index (χ3n) is 0.301. The highest BCUT2D eigenvalue weighted by molar-refractivity contribution is 6.31. The van der Waals surface area contributed by atoms with Crippen molar-refractivity contribution in [2.75, 3.05) is 0 Å². The summed E-state index contributed by atoms with van der Waals surface area (Å²) in [4.78, 5) is 18.9. The Morgan fingerprint density at radius 2 is 1.67 bits per heavy atom. The van der Waals surface area contributed by atoms with E-state index in [0.29, 0.717) is 0 Å². The first-order chi connectivity index (χ1) is 2.64. The summed E-state index contributed by atoms with van der Waals surface area (Å²) >= 11 is 0. The molecule has 3 heteroatoms. The van der Waals surface area contributed by atoms with Crippen molar-refractivity contribution in [1.82, 2.24) is 0 Å². The van der Waals surface area contributed by atoms with Crippen LogP contribution in [0, 0.1) is 0 Å². The van der Waals surface area contributed by atoms with Gasteiger partial charge in [0.15, 0.2) is 0 Å². The Bertz CT molecular complexity index is 72.0. The molecule has 0 aromatic heterocycles. The molecule has 3 nitrogen and oxygen atoms in total. The minimum atomic E-state index is -1.38. The molecule has 0 aliphatic carbocycles. The number of carboxylic acids is 1. The highest BCUT2D eigenvalue weighted by Gasteiger charge is 1.98. The number of ketones is 1. The van der Waals surface area contributed by atoms with Gasteiger partial charge >= 0.3 is 5.97 Å². The maximum Gasteiger partial charge on any atom is 0.371 e. The predicted molar refractivity (Wildman–Crippen MR) is 18.3 cm³/mol. The highest BCUT2D eigenvalue weighted by Crippen LogP contribution is 1.61. The van der Waals surface area contributed by atoms with Crippen LogP contribution in [-0.2, 0) is 9.59 Å². The lowest BCUT2D eigenvalue weighted by Gasteiger charge is -1.73. The van der Waals surface area contributed by atoms with Gasteiger partial charge in [0, 0.05) is 6.92 Å². The minimum absolute atomic E-state index is 0.824. The van der Waals surface area contributed by atoms with Gasteiger partial charge in [0.25, 0.3) is 0 Å². The second-order valence-corrected chi connectivity index (χ2v) is 0.861. The van der Waals surface area contributed by atoms with Crippen molar-refractivity contribution in [3.63, 3.8) is 0 Å². The maximum atomic E-state index is 9.54. The average molecular weight is 89.1 g/mol. The Hall–Kier alpha value is -0.860. The van der Waals surface area contributed by atoms with Crippen LogP contribution in [0.5, 0.6) is 0 Å². The summed E-state index contributed by atoms with van der Waals surface area (Å²) in [6, 6.07) is 0. The molecule has 0 atom stereocenters. The standard InChI is InChI=1S/C3H4O3/c1-2(4)3(5)6/h1H3,(H,5,6)/i2+1. The number of aliphatic carboxylic acids is 1. The van der Waals surface area contributed by atoms with Crippen LogP contribution in [0.2, 0.25) is 0 Å². The molecule has 0 amide bonds. The van der Waals surface area contributed by atoms with Crippen LogP contribution in [0.3, 0.4) is 0 Å². The summed E-state index contributed by atoms with van der Waals surface area (Å²) in [6.07, 6.45) is 0. The number of hydrogen-bond acceptors (Lipinski definition) is 2. The Morgan fingerprint density at radius 1 is 1.50 bits per heavy atom. The zero-order valence-corrected chi connectivity index (χ0v) is 3.26. The molecule has 6 heavy (non-hydrogen) atoms. The predicted octanol–water partition coefficient (Wildman–Crippen LogP) is -0.340. The molecule has 34 valence electrons. The summed E-state index contributed by atoms with van der Waals surface area (Å²) in [5.74, 6) is -2.20. The lowest BCUT2D eigenvalue weighted by atomic mass is 10.9. The average Bonchev–Trinajstić information content (AvgIpc) is 1.36. The molecule has 0 heterocycles. The molecule has 0 saturated heterocycles. The van der Waals surface area contributed by atoms with Gasteiger partial charge in [-0.2, -0.15) is 0 Å². The topological polar surface area (TPSA) is 54.4 Å². The summed E-state index contributed by atoms with van der Waals surface area (Å²) in [5, 5.41) is 7.64. The molecular weight excluding hydrogens is 85.0 g/mol. The quantitative estimate of drug-likeness (QED) is 0.353. The smallest absolute Gasteiger partial charge is 0.371 e. The van der Waals surface area contributed by atoms with E-state index in [2.05, 4.69) is 0 Å². The Balaban J connectivity index is 3.57. The van der Waals surface area contributed by atoms with E-state index in [1.54, 1.807) is 0 Å². The van der Waals surface area contributed by atoms with Crippen molar-refractivity contribution in [2.45, 2.75) is 6.92 Å². The van der Waals surface area contributed by atoms with E-state index < -0.39 is 11.8 Å². The Morgan fingerprint density at radius 3 is 1.67 bits per heavy atom. The SMILES string of the molecule is C[13C](=O)C(=O)O. The fourth-order valence-corrected chi connectivity index (χ4v) is 0. The van der Waals surface area contributed by atoms with Crippen LogP contribution in [0.15, 0.2) is 0 Å². The van der Waals surface area contributed by atoms with Gasteiger partial charge in [0.2, 0.25) is 5.78 Å².